The SMILES string of the molecule is c1cc(CC2(C3CCCC3)CCCC2)ccn1. The molecule has 0 amide bonds. The van der Waals surface area contributed by atoms with Crippen molar-refractivity contribution in [1.82, 2.24) is 4.98 Å². The first-order valence-corrected chi connectivity index (χ1v) is 7.28. The molecular formula is C16H23N. The van der Waals surface area contributed by atoms with Crippen molar-refractivity contribution in [2.75, 3.05) is 0 Å². The molecular weight excluding hydrogens is 206 g/mol. The minimum atomic E-state index is 0.651. The van der Waals surface area contributed by atoms with Crippen LogP contribution in [0.2, 0.25) is 0 Å². The third-order valence-corrected chi connectivity index (χ3v) is 5.13. The average Bonchev–Trinajstić information content (AvgIpc) is 3.01. The van der Waals surface area contributed by atoms with Gasteiger partial charge in [0.15, 0.2) is 0 Å². The molecule has 1 aromatic heterocycles. The van der Waals surface area contributed by atoms with Crippen LogP contribution in [0.1, 0.15) is 56.9 Å². The molecule has 2 fully saturated rings. The Hall–Kier alpha value is -0.850. The van der Waals surface area contributed by atoms with Crippen molar-refractivity contribution in [3.05, 3.63) is 30.1 Å². The maximum Gasteiger partial charge on any atom is 0.0270 e. The third-order valence-electron chi connectivity index (χ3n) is 5.13. The van der Waals surface area contributed by atoms with Crippen LogP contribution in [0.5, 0.6) is 0 Å². The fraction of sp³-hybridized carbons (Fsp3) is 0.688. The molecule has 1 aromatic rings. The van der Waals surface area contributed by atoms with E-state index in [9.17, 15) is 0 Å². The summed E-state index contributed by atoms with van der Waals surface area (Å²) in [5.74, 6) is 1.01. The molecule has 0 unspecified atom stereocenters. The Morgan fingerprint density at radius 2 is 1.65 bits per heavy atom. The largest absolute Gasteiger partial charge is 0.265 e. The van der Waals surface area contributed by atoms with E-state index in [1.807, 2.05) is 12.4 Å². The van der Waals surface area contributed by atoms with E-state index < -0.39 is 0 Å². The Labute approximate surface area is 105 Å². The van der Waals surface area contributed by atoms with Crippen LogP contribution in [-0.2, 0) is 6.42 Å². The van der Waals surface area contributed by atoms with Crippen LogP contribution in [0.25, 0.3) is 0 Å². The second-order valence-electron chi connectivity index (χ2n) is 6.08. The van der Waals surface area contributed by atoms with Gasteiger partial charge in [-0.3, -0.25) is 4.98 Å². The maximum atomic E-state index is 4.14. The molecule has 17 heavy (non-hydrogen) atoms. The minimum Gasteiger partial charge on any atom is -0.265 e. The second-order valence-corrected chi connectivity index (χ2v) is 6.08. The van der Waals surface area contributed by atoms with Crippen molar-refractivity contribution in [3.8, 4) is 0 Å². The van der Waals surface area contributed by atoms with Gasteiger partial charge in [0, 0.05) is 12.4 Å². The van der Waals surface area contributed by atoms with Crippen molar-refractivity contribution >= 4 is 0 Å². The van der Waals surface area contributed by atoms with E-state index in [4.69, 9.17) is 0 Å². The van der Waals surface area contributed by atoms with Crippen LogP contribution >= 0.6 is 0 Å². The zero-order valence-electron chi connectivity index (χ0n) is 10.7. The summed E-state index contributed by atoms with van der Waals surface area (Å²) in [6.07, 6.45) is 17.0. The summed E-state index contributed by atoms with van der Waals surface area (Å²) in [5.41, 5.74) is 2.16. The highest BCUT2D eigenvalue weighted by Crippen LogP contribution is 2.52. The van der Waals surface area contributed by atoms with Gasteiger partial charge in [0.25, 0.3) is 0 Å². The van der Waals surface area contributed by atoms with Crippen molar-refractivity contribution in [3.63, 3.8) is 0 Å². The van der Waals surface area contributed by atoms with Gasteiger partial charge in [-0.15, -0.1) is 0 Å². The third kappa shape index (κ3) is 2.25. The summed E-state index contributed by atoms with van der Waals surface area (Å²) in [7, 11) is 0. The fourth-order valence-electron chi connectivity index (χ4n) is 4.25. The van der Waals surface area contributed by atoms with Crippen LogP contribution in [0.15, 0.2) is 24.5 Å². The van der Waals surface area contributed by atoms with E-state index in [-0.39, 0.29) is 0 Å². The maximum absolute atomic E-state index is 4.14. The van der Waals surface area contributed by atoms with Crippen LogP contribution in [0.3, 0.4) is 0 Å². The summed E-state index contributed by atoms with van der Waals surface area (Å²) in [5, 5.41) is 0. The van der Waals surface area contributed by atoms with Gasteiger partial charge in [-0.2, -0.15) is 0 Å². The summed E-state index contributed by atoms with van der Waals surface area (Å²) in [6, 6.07) is 4.43. The van der Waals surface area contributed by atoms with Gasteiger partial charge in [-0.25, -0.2) is 0 Å². The van der Waals surface area contributed by atoms with Gasteiger partial charge in [-0.05, 0) is 61.1 Å². The smallest absolute Gasteiger partial charge is 0.0270 e. The molecule has 0 bridgehead atoms. The van der Waals surface area contributed by atoms with Crippen LogP contribution in [0, 0.1) is 11.3 Å². The van der Waals surface area contributed by atoms with Crippen LogP contribution in [0.4, 0.5) is 0 Å². The van der Waals surface area contributed by atoms with E-state index in [2.05, 4.69) is 17.1 Å². The van der Waals surface area contributed by atoms with E-state index in [0.717, 1.165) is 5.92 Å². The lowest BCUT2D eigenvalue weighted by molar-refractivity contribution is 0.168. The fourth-order valence-corrected chi connectivity index (χ4v) is 4.25. The Bertz CT molecular complexity index is 345. The van der Waals surface area contributed by atoms with Crippen molar-refractivity contribution < 1.29 is 0 Å². The van der Waals surface area contributed by atoms with Crippen molar-refractivity contribution in [2.24, 2.45) is 11.3 Å². The number of nitrogens with zero attached hydrogens (tertiary/aromatic N) is 1. The molecule has 2 aliphatic carbocycles. The summed E-state index contributed by atoms with van der Waals surface area (Å²) in [4.78, 5) is 4.14. The lowest BCUT2D eigenvalue weighted by Gasteiger charge is -2.36. The molecule has 0 spiro atoms. The molecule has 92 valence electrons. The van der Waals surface area contributed by atoms with E-state index in [1.165, 1.54) is 63.4 Å². The predicted octanol–water partition coefficient (Wildman–Crippen LogP) is 4.37. The first-order chi connectivity index (χ1) is 8.39. The van der Waals surface area contributed by atoms with Crippen LogP contribution < -0.4 is 0 Å². The topological polar surface area (TPSA) is 12.9 Å². The molecule has 2 saturated carbocycles. The van der Waals surface area contributed by atoms with Gasteiger partial charge in [0.2, 0.25) is 0 Å². The number of hydrogen-bond donors (Lipinski definition) is 0. The van der Waals surface area contributed by atoms with Gasteiger partial charge < -0.3 is 0 Å². The zero-order valence-corrected chi connectivity index (χ0v) is 10.7. The normalized spacial score (nSPS) is 24.2. The van der Waals surface area contributed by atoms with E-state index >= 15 is 0 Å². The Morgan fingerprint density at radius 3 is 2.29 bits per heavy atom. The summed E-state index contributed by atoms with van der Waals surface area (Å²) >= 11 is 0. The first kappa shape index (κ1) is 11.3. The molecule has 0 N–H and O–H groups in total. The quantitative estimate of drug-likeness (QED) is 0.749. The molecule has 1 nitrogen and oxygen atoms in total. The van der Waals surface area contributed by atoms with E-state index in [1.54, 1.807) is 0 Å². The molecule has 0 aliphatic heterocycles. The Kier molecular flexibility index (Phi) is 3.17. The second kappa shape index (κ2) is 4.80. The van der Waals surface area contributed by atoms with Crippen LogP contribution in [-0.4, -0.2) is 4.98 Å². The molecule has 3 rings (SSSR count). The number of aromatic nitrogens is 1. The van der Waals surface area contributed by atoms with Gasteiger partial charge in [-0.1, -0.05) is 25.7 Å². The number of hydrogen-bond acceptors (Lipinski definition) is 1. The van der Waals surface area contributed by atoms with E-state index in [0.29, 0.717) is 5.41 Å². The number of pyridine rings is 1. The molecule has 0 radical (unpaired) electrons. The highest BCUT2D eigenvalue weighted by atomic mass is 14.6. The Balaban J connectivity index is 1.80. The first-order valence-electron chi connectivity index (χ1n) is 7.28. The predicted molar refractivity (Wildman–Crippen MR) is 70.8 cm³/mol. The molecule has 1 heteroatoms. The Morgan fingerprint density at radius 1 is 1.00 bits per heavy atom. The monoisotopic (exact) mass is 229 g/mol. The summed E-state index contributed by atoms with van der Waals surface area (Å²) in [6.45, 7) is 0. The van der Waals surface area contributed by atoms with Crippen molar-refractivity contribution in [2.45, 2.75) is 57.8 Å². The highest BCUT2D eigenvalue weighted by molar-refractivity contribution is 5.14. The van der Waals surface area contributed by atoms with Gasteiger partial charge in [0.05, 0.1) is 0 Å². The average molecular weight is 229 g/mol. The minimum absolute atomic E-state index is 0.651. The molecule has 0 aromatic carbocycles. The van der Waals surface area contributed by atoms with Gasteiger partial charge in [0.1, 0.15) is 0 Å². The summed E-state index contributed by atoms with van der Waals surface area (Å²) < 4.78 is 0. The molecule has 1 heterocycles. The molecule has 0 atom stereocenters. The zero-order chi connectivity index (χ0) is 11.6. The highest BCUT2D eigenvalue weighted by Gasteiger charge is 2.41. The van der Waals surface area contributed by atoms with Crippen molar-refractivity contribution in [1.29, 1.82) is 0 Å². The molecule has 2 aliphatic rings. The lowest BCUT2D eigenvalue weighted by atomic mass is 9.69. The standard InChI is InChI=1S/C16H23N/c1-2-6-15(5-1)16(9-3-4-10-16)13-14-7-11-17-12-8-14/h7-8,11-12,15H,1-6,9-10,13H2. The lowest BCUT2D eigenvalue weighted by Crippen LogP contribution is -2.28. The van der Waals surface area contributed by atoms with Gasteiger partial charge >= 0.3 is 0 Å². The molecule has 0 saturated heterocycles. The number of rotatable bonds is 3.